The molecule has 1 aliphatic heterocycles. The van der Waals surface area contributed by atoms with Crippen LogP contribution in [0.3, 0.4) is 0 Å². The van der Waals surface area contributed by atoms with Crippen LogP contribution in [0.15, 0.2) is 0 Å². The number of hydrogen-bond acceptors (Lipinski definition) is 9. The number of aliphatic hydroxyl groups excluding tert-OH is 4. The second-order valence-corrected chi connectivity index (χ2v) is 4.90. The van der Waals surface area contributed by atoms with Crippen molar-refractivity contribution >= 4 is 13.5 Å². The van der Waals surface area contributed by atoms with Crippen LogP contribution in [-0.4, -0.2) is 71.3 Å². The molecule has 0 saturated carbocycles. The minimum atomic E-state index is -4.91. The monoisotopic (exact) mass is 259 g/mol. The van der Waals surface area contributed by atoms with Crippen LogP contribution in [0, 0.1) is 0 Å². The van der Waals surface area contributed by atoms with E-state index in [1.54, 1.807) is 0 Å². The van der Waals surface area contributed by atoms with Crippen LogP contribution in [0.5, 0.6) is 0 Å². The van der Waals surface area contributed by atoms with Crippen LogP contribution in [0.25, 0.3) is 0 Å². The zero-order valence-corrected chi connectivity index (χ0v) is 8.68. The lowest BCUT2D eigenvalue weighted by Crippen LogP contribution is -2.59. The largest absolute Gasteiger partial charge is 0.481 e. The van der Waals surface area contributed by atoms with Crippen molar-refractivity contribution in [1.82, 2.24) is 0 Å². The Kier molecular flexibility index (Phi) is 3.95. The van der Waals surface area contributed by atoms with Gasteiger partial charge in [0.2, 0.25) is 0 Å². The fourth-order valence-corrected chi connectivity index (χ4v) is 1.79. The normalized spacial score (nSPS) is 40.8. The fraction of sp³-hybridized carbons (Fsp3) is 0.833. The van der Waals surface area contributed by atoms with Crippen LogP contribution in [-0.2, 0) is 9.53 Å². The van der Waals surface area contributed by atoms with Crippen molar-refractivity contribution in [3.05, 3.63) is 0 Å². The maximum atomic E-state index is 11.1. The Morgan fingerprint density at radius 3 is 1.88 bits per heavy atom. The Morgan fingerprint density at radius 2 is 1.44 bits per heavy atom. The van der Waals surface area contributed by atoms with Gasteiger partial charge in [-0.05, 0) is 0 Å². The second-order valence-electron chi connectivity index (χ2n) is 3.33. The van der Waals surface area contributed by atoms with E-state index in [2.05, 4.69) is 4.74 Å². The molecule has 16 heavy (non-hydrogen) atoms. The van der Waals surface area contributed by atoms with E-state index in [4.69, 9.17) is 24.9 Å². The maximum Gasteiger partial charge on any atom is 0.481 e. The van der Waals surface area contributed by atoms with Gasteiger partial charge in [-0.15, -0.1) is 0 Å². The summed E-state index contributed by atoms with van der Waals surface area (Å²) in [6.45, 7) is 0. The molecule has 2 unspecified atom stereocenters. The van der Waals surface area contributed by atoms with Gasteiger partial charge in [-0.2, -0.15) is 14.7 Å². The molecule has 0 aromatic carbocycles. The summed E-state index contributed by atoms with van der Waals surface area (Å²) in [5.74, 6) is 0. The van der Waals surface area contributed by atoms with Crippen molar-refractivity contribution in [3.8, 4) is 0 Å². The molecule has 0 aromatic heterocycles. The molecule has 94 valence electrons. The first kappa shape index (κ1) is 13.8. The molecule has 9 nitrogen and oxygen atoms in total. The van der Waals surface area contributed by atoms with Gasteiger partial charge in [0.1, 0.15) is 18.3 Å². The van der Waals surface area contributed by atoms with Crippen LogP contribution >= 0.6 is 7.94 Å². The lowest BCUT2D eigenvalue weighted by Gasteiger charge is -2.36. The van der Waals surface area contributed by atoms with E-state index in [-0.39, 0.29) is 0 Å². The van der Waals surface area contributed by atoms with Gasteiger partial charge in [0.15, 0.2) is 12.4 Å². The number of rotatable bonds is 2. The van der Waals surface area contributed by atoms with E-state index >= 15 is 0 Å². The summed E-state index contributed by atoms with van der Waals surface area (Å²) in [6, 6.07) is 0. The van der Waals surface area contributed by atoms with Crippen molar-refractivity contribution in [1.29, 1.82) is 0 Å². The number of ether oxygens (including phenoxy) is 1. The molecule has 1 rings (SSSR count). The highest BCUT2D eigenvalue weighted by Crippen LogP contribution is 2.48. The average Bonchev–Trinajstić information content (AvgIpc) is 2.18. The van der Waals surface area contributed by atoms with Gasteiger partial charge in [-0.3, -0.25) is 0 Å². The van der Waals surface area contributed by atoms with Crippen molar-refractivity contribution in [2.45, 2.75) is 30.7 Å². The summed E-state index contributed by atoms with van der Waals surface area (Å²) < 4.78 is 4.36. The van der Waals surface area contributed by atoms with Gasteiger partial charge < -0.3 is 25.2 Å². The summed E-state index contributed by atoms with van der Waals surface area (Å²) >= 11 is 0. The molecular weight excluding hydrogens is 247 g/mol. The van der Waals surface area contributed by atoms with Crippen LogP contribution in [0.4, 0.5) is 0 Å². The Morgan fingerprint density at radius 1 is 0.938 bits per heavy atom. The van der Waals surface area contributed by atoms with Crippen LogP contribution < -0.4 is 0 Å². The van der Waals surface area contributed by atoms with Gasteiger partial charge in [0.05, 0.1) is 0 Å². The molecule has 0 aromatic rings. The molecule has 0 aliphatic carbocycles. The van der Waals surface area contributed by atoms with Gasteiger partial charge >= 0.3 is 13.5 Å². The van der Waals surface area contributed by atoms with Gasteiger partial charge in [-0.25, -0.2) is 4.79 Å². The first-order chi connectivity index (χ1) is 7.16. The molecule has 1 aliphatic rings. The molecule has 1 heterocycles. The standard InChI is InChI=1S/C6H12O9P/c7-1-2(8)4(6(11)16(12,13)14)15-5(10)3(1)9/h1-5,7-10,12-14H/q+1/t1-,2+,3?,4?,5-/m1/s1. The molecule has 1 fully saturated rings. The third-order valence-corrected chi connectivity index (χ3v) is 2.97. The third kappa shape index (κ3) is 2.54. The van der Waals surface area contributed by atoms with E-state index < -0.39 is 44.2 Å². The van der Waals surface area contributed by atoms with Crippen molar-refractivity contribution in [2.24, 2.45) is 0 Å². The molecular formula is C6H12O9P+. The zero-order valence-electron chi connectivity index (χ0n) is 7.78. The van der Waals surface area contributed by atoms with Crippen LogP contribution in [0.2, 0.25) is 0 Å². The number of aliphatic hydroxyl groups is 4. The number of carbonyl (C=O) groups excluding carboxylic acids is 1. The number of hydrogen-bond donors (Lipinski definition) is 7. The molecule has 0 amide bonds. The summed E-state index contributed by atoms with van der Waals surface area (Å²) in [5, 5.41) is 36.5. The number of carbonyl (C=O) groups is 1. The highest BCUT2D eigenvalue weighted by molar-refractivity contribution is 7.76. The molecule has 0 radical (unpaired) electrons. The van der Waals surface area contributed by atoms with E-state index in [1.807, 2.05) is 0 Å². The van der Waals surface area contributed by atoms with E-state index in [0.717, 1.165) is 0 Å². The summed E-state index contributed by atoms with van der Waals surface area (Å²) in [7, 11) is -4.91. The Bertz CT molecular complexity index is 276. The third-order valence-electron chi connectivity index (χ3n) is 2.13. The molecule has 10 heteroatoms. The second kappa shape index (κ2) is 4.57. The quantitative estimate of drug-likeness (QED) is 0.245. The fourth-order valence-electron chi connectivity index (χ4n) is 1.24. The Labute approximate surface area is 89.7 Å². The summed E-state index contributed by atoms with van der Waals surface area (Å²) in [5.41, 5.74) is -1.66. The SMILES string of the molecule is O=C(C1O[C@@H](O)C(O)[C@H](O)[C@@H]1O)[P+](O)(O)O. The van der Waals surface area contributed by atoms with Gasteiger partial charge in [-0.1, -0.05) is 0 Å². The summed E-state index contributed by atoms with van der Waals surface area (Å²) in [4.78, 5) is 37.1. The van der Waals surface area contributed by atoms with Crippen molar-refractivity contribution in [2.75, 3.05) is 0 Å². The van der Waals surface area contributed by atoms with Gasteiger partial charge in [0, 0.05) is 0 Å². The Hall–Kier alpha value is -0.220. The lowest BCUT2D eigenvalue weighted by atomic mass is 10.00. The van der Waals surface area contributed by atoms with Gasteiger partial charge in [0.25, 0.3) is 0 Å². The van der Waals surface area contributed by atoms with Crippen LogP contribution in [0.1, 0.15) is 0 Å². The predicted molar refractivity (Wildman–Crippen MR) is 47.5 cm³/mol. The molecule has 0 bridgehead atoms. The minimum absolute atomic E-state index is 1.66. The molecule has 1 saturated heterocycles. The smallest absolute Gasteiger partial charge is 0.387 e. The molecule has 0 spiro atoms. The summed E-state index contributed by atoms with van der Waals surface area (Å²) in [6.07, 6.45) is -9.76. The van der Waals surface area contributed by atoms with E-state index in [1.165, 1.54) is 0 Å². The first-order valence-corrected chi connectivity index (χ1v) is 5.80. The topological polar surface area (TPSA) is 168 Å². The highest BCUT2D eigenvalue weighted by atomic mass is 31.2. The first-order valence-electron chi connectivity index (χ1n) is 4.15. The van der Waals surface area contributed by atoms with Crippen molar-refractivity contribution in [3.63, 3.8) is 0 Å². The molecule has 7 N–H and O–H groups in total. The zero-order chi connectivity index (χ0) is 12.7. The lowest BCUT2D eigenvalue weighted by molar-refractivity contribution is -0.273. The van der Waals surface area contributed by atoms with E-state index in [0.29, 0.717) is 0 Å². The maximum absolute atomic E-state index is 11.1. The molecule has 5 atom stereocenters. The minimum Gasteiger partial charge on any atom is -0.387 e. The Balaban J connectivity index is 2.86. The average molecular weight is 259 g/mol. The van der Waals surface area contributed by atoms with Crippen molar-refractivity contribution < 1.29 is 44.6 Å². The highest BCUT2D eigenvalue weighted by Gasteiger charge is 2.56. The van der Waals surface area contributed by atoms with E-state index in [9.17, 15) is 15.0 Å². The predicted octanol–water partition coefficient (Wildman–Crippen LogP) is -3.95.